The fraction of sp³-hybridized carbons (Fsp3) is 0.926. The monoisotopic (exact) mass is 414 g/mol. The maximum atomic E-state index is 13.0. The second kappa shape index (κ2) is 7.62. The molecule has 0 radical (unpaired) electrons. The fourth-order valence-electron chi connectivity index (χ4n) is 9.09. The zero-order valence-electron chi connectivity index (χ0n) is 19.5. The minimum atomic E-state index is 0.0700. The summed E-state index contributed by atoms with van der Waals surface area (Å²) in [4.78, 5) is 25.1. The summed E-state index contributed by atoms with van der Waals surface area (Å²) < 4.78 is 6.30. The first-order chi connectivity index (χ1) is 14.3. The van der Waals surface area contributed by atoms with E-state index in [-0.39, 0.29) is 23.4 Å². The van der Waals surface area contributed by atoms with Gasteiger partial charge in [-0.25, -0.2) is 0 Å². The maximum absolute atomic E-state index is 13.0. The molecule has 5 aliphatic carbocycles. The Bertz CT molecular complexity index is 694. The summed E-state index contributed by atoms with van der Waals surface area (Å²) in [6, 6.07) is 0. The average Bonchev–Trinajstić information content (AvgIpc) is 3.36. The lowest BCUT2D eigenvalue weighted by Gasteiger charge is -2.60. The number of esters is 1. The Morgan fingerprint density at radius 3 is 2.43 bits per heavy atom. The number of ether oxygens (including phenoxy) is 1. The van der Waals surface area contributed by atoms with Crippen LogP contribution in [0.3, 0.4) is 0 Å². The molecule has 5 aliphatic rings. The zero-order valence-corrected chi connectivity index (χ0v) is 19.5. The van der Waals surface area contributed by atoms with Gasteiger partial charge in [-0.3, -0.25) is 9.59 Å². The molecule has 0 aliphatic heterocycles. The Morgan fingerprint density at radius 2 is 1.67 bits per heavy atom. The summed E-state index contributed by atoms with van der Waals surface area (Å²) in [6.07, 6.45) is 15.1. The topological polar surface area (TPSA) is 43.4 Å². The molecule has 1 unspecified atom stereocenters. The van der Waals surface area contributed by atoms with Gasteiger partial charge in [-0.15, -0.1) is 0 Å². The van der Waals surface area contributed by atoms with Gasteiger partial charge in [-0.2, -0.15) is 0 Å². The van der Waals surface area contributed by atoms with Crippen molar-refractivity contribution in [3.05, 3.63) is 0 Å². The van der Waals surface area contributed by atoms with E-state index in [1.165, 1.54) is 57.8 Å². The minimum Gasteiger partial charge on any atom is -0.462 e. The first-order valence-corrected chi connectivity index (χ1v) is 13.0. The number of rotatable bonds is 3. The van der Waals surface area contributed by atoms with Gasteiger partial charge in [-0.1, -0.05) is 33.6 Å². The van der Waals surface area contributed by atoms with Crippen molar-refractivity contribution in [2.75, 3.05) is 0 Å². The summed E-state index contributed by atoms with van der Waals surface area (Å²) >= 11 is 0. The predicted molar refractivity (Wildman–Crippen MR) is 118 cm³/mol. The zero-order chi connectivity index (χ0) is 21.1. The van der Waals surface area contributed by atoms with Gasteiger partial charge >= 0.3 is 5.97 Å². The van der Waals surface area contributed by atoms with Gasteiger partial charge in [-0.05, 0) is 92.8 Å². The van der Waals surface area contributed by atoms with E-state index in [4.69, 9.17) is 4.74 Å². The van der Waals surface area contributed by atoms with Crippen LogP contribution in [0.2, 0.25) is 0 Å². The van der Waals surface area contributed by atoms with Gasteiger partial charge in [0.25, 0.3) is 0 Å². The van der Waals surface area contributed by atoms with Crippen molar-refractivity contribution in [3.63, 3.8) is 0 Å². The average molecular weight is 415 g/mol. The van der Waals surface area contributed by atoms with Crippen LogP contribution in [0.1, 0.15) is 104 Å². The van der Waals surface area contributed by atoms with E-state index in [1.54, 1.807) is 0 Å². The van der Waals surface area contributed by atoms with Crippen LogP contribution in [0.25, 0.3) is 0 Å². The van der Waals surface area contributed by atoms with Crippen LogP contribution >= 0.6 is 0 Å². The highest BCUT2D eigenvalue weighted by atomic mass is 16.5. The SMILES string of the molecule is CC(C(=O)O[C@H]1CC[C@H]2[C@@H]3CC[C@H]4CC(=O)CC[C@]4(C)[C@H]3CC[C@]12C)C1CCCC1. The summed E-state index contributed by atoms with van der Waals surface area (Å²) in [5, 5.41) is 0. The summed E-state index contributed by atoms with van der Waals surface area (Å²) in [5.74, 6) is 4.06. The Balaban J connectivity index is 1.29. The molecular formula is C27H42O3. The number of fused-ring (bicyclic) bond motifs is 5. The second-order valence-electron chi connectivity index (χ2n) is 12.3. The van der Waals surface area contributed by atoms with E-state index >= 15 is 0 Å². The molecule has 0 spiro atoms. The summed E-state index contributed by atoms with van der Waals surface area (Å²) in [7, 11) is 0. The van der Waals surface area contributed by atoms with Crippen molar-refractivity contribution < 1.29 is 14.3 Å². The lowest BCUT2D eigenvalue weighted by Crippen LogP contribution is -2.54. The van der Waals surface area contributed by atoms with E-state index in [9.17, 15) is 9.59 Å². The molecule has 0 bridgehead atoms. The van der Waals surface area contributed by atoms with Gasteiger partial charge in [0.15, 0.2) is 0 Å². The van der Waals surface area contributed by atoms with Crippen molar-refractivity contribution in [1.29, 1.82) is 0 Å². The molecule has 0 heterocycles. The highest BCUT2D eigenvalue weighted by Crippen LogP contribution is 2.66. The third kappa shape index (κ3) is 3.20. The highest BCUT2D eigenvalue weighted by Gasteiger charge is 2.61. The second-order valence-corrected chi connectivity index (χ2v) is 12.3. The molecule has 0 N–H and O–H groups in total. The van der Waals surface area contributed by atoms with E-state index in [1.807, 2.05) is 0 Å². The van der Waals surface area contributed by atoms with Gasteiger partial charge in [0.2, 0.25) is 0 Å². The van der Waals surface area contributed by atoms with E-state index in [2.05, 4.69) is 20.8 Å². The largest absolute Gasteiger partial charge is 0.462 e. The van der Waals surface area contributed by atoms with E-state index in [0.29, 0.717) is 29.0 Å². The minimum absolute atomic E-state index is 0.0700. The molecular weight excluding hydrogens is 372 g/mol. The number of carbonyl (C=O) groups is 2. The van der Waals surface area contributed by atoms with Crippen LogP contribution in [-0.2, 0) is 14.3 Å². The molecule has 0 amide bonds. The highest BCUT2D eigenvalue weighted by molar-refractivity contribution is 5.79. The fourth-order valence-corrected chi connectivity index (χ4v) is 9.09. The Labute approximate surface area is 183 Å². The normalized spacial score (nSPS) is 47.3. The van der Waals surface area contributed by atoms with Gasteiger partial charge in [0.1, 0.15) is 11.9 Å². The van der Waals surface area contributed by atoms with Crippen molar-refractivity contribution in [2.24, 2.45) is 46.3 Å². The Hall–Kier alpha value is -0.860. The lowest BCUT2D eigenvalue weighted by atomic mass is 9.45. The molecule has 3 heteroatoms. The van der Waals surface area contributed by atoms with Crippen LogP contribution in [0, 0.1) is 46.3 Å². The van der Waals surface area contributed by atoms with Crippen molar-refractivity contribution in [3.8, 4) is 0 Å². The lowest BCUT2D eigenvalue weighted by molar-refractivity contribution is -0.169. The van der Waals surface area contributed by atoms with E-state index < -0.39 is 0 Å². The first kappa shape index (κ1) is 21.0. The molecule has 5 fully saturated rings. The van der Waals surface area contributed by atoms with Crippen LogP contribution in [0.5, 0.6) is 0 Å². The molecule has 5 saturated carbocycles. The molecule has 0 aromatic rings. The molecule has 3 nitrogen and oxygen atoms in total. The molecule has 5 rings (SSSR count). The number of hydrogen-bond donors (Lipinski definition) is 0. The molecule has 30 heavy (non-hydrogen) atoms. The number of hydrogen-bond acceptors (Lipinski definition) is 3. The van der Waals surface area contributed by atoms with Gasteiger partial charge in [0.05, 0.1) is 5.92 Å². The maximum Gasteiger partial charge on any atom is 0.309 e. The third-order valence-corrected chi connectivity index (χ3v) is 11.1. The Kier molecular flexibility index (Phi) is 5.34. The van der Waals surface area contributed by atoms with Crippen LogP contribution < -0.4 is 0 Å². The van der Waals surface area contributed by atoms with Gasteiger partial charge < -0.3 is 4.74 Å². The van der Waals surface area contributed by atoms with Crippen molar-refractivity contribution >= 4 is 11.8 Å². The summed E-state index contributed by atoms with van der Waals surface area (Å²) in [6.45, 7) is 7.06. The van der Waals surface area contributed by atoms with Crippen LogP contribution in [0.4, 0.5) is 0 Å². The molecule has 0 aromatic heterocycles. The predicted octanol–water partition coefficient (Wildman–Crippen LogP) is 6.34. The van der Waals surface area contributed by atoms with Gasteiger partial charge in [0, 0.05) is 18.3 Å². The molecule has 0 saturated heterocycles. The van der Waals surface area contributed by atoms with Crippen molar-refractivity contribution in [1.82, 2.24) is 0 Å². The molecule has 168 valence electrons. The number of Topliss-reactive ketones (excluding diaryl/α,β-unsaturated/α-hetero) is 1. The summed E-state index contributed by atoms with van der Waals surface area (Å²) in [5.41, 5.74) is 0.532. The molecule has 8 atom stereocenters. The number of ketones is 1. The number of carbonyl (C=O) groups excluding carboxylic acids is 2. The van der Waals surface area contributed by atoms with Crippen LogP contribution in [-0.4, -0.2) is 17.9 Å². The smallest absolute Gasteiger partial charge is 0.309 e. The van der Waals surface area contributed by atoms with Crippen LogP contribution in [0.15, 0.2) is 0 Å². The Morgan fingerprint density at radius 1 is 0.933 bits per heavy atom. The molecule has 0 aromatic carbocycles. The standard InChI is InChI=1S/C27H42O3/c1-17(18-6-4-5-7-18)25(29)30-24-11-10-22-21-9-8-19-16-20(28)12-14-26(19,2)23(21)13-15-27(22,24)3/h17-19,21-24H,4-16H2,1-3H3/t17?,19-,21-,22-,23-,24-,26-,27-/m0/s1. The van der Waals surface area contributed by atoms with E-state index in [0.717, 1.165) is 37.5 Å². The third-order valence-electron chi connectivity index (χ3n) is 11.1. The first-order valence-electron chi connectivity index (χ1n) is 13.0. The quantitative estimate of drug-likeness (QED) is 0.506. The van der Waals surface area contributed by atoms with Crippen molar-refractivity contribution in [2.45, 2.75) is 110 Å².